The lowest BCUT2D eigenvalue weighted by atomic mass is 9.87. The molecule has 3 aliphatic rings. The molecule has 12 heteroatoms. The van der Waals surface area contributed by atoms with Gasteiger partial charge in [-0.1, -0.05) is 0 Å². The molecule has 12 nitrogen and oxygen atoms in total. The number of fused-ring (bicyclic) bond motifs is 3. The van der Waals surface area contributed by atoms with Crippen LogP contribution in [0.3, 0.4) is 0 Å². The zero-order valence-electron chi connectivity index (χ0n) is 21.3. The number of aromatic nitrogens is 3. The van der Waals surface area contributed by atoms with Gasteiger partial charge in [0.15, 0.2) is 11.9 Å². The lowest BCUT2D eigenvalue weighted by Crippen LogP contribution is -2.46. The van der Waals surface area contributed by atoms with Crippen LogP contribution < -0.4 is 10.9 Å². The smallest absolute Gasteiger partial charge is 0.332 e. The van der Waals surface area contributed by atoms with Crippen LogP contribution in [0.15, 0.2) is 35.3 Å². The number of nitriles is 1. The third-order valence-electron chi connectivity index (χ3n) is 8.04. The third-order valence-corrected chi connectivity index (χ3v) is 8.04. The van der Waals surface area contributed by atoms with E-state index in [1.165, 1.54) is 6.20 Å². The molecule has 1 amide bonds. The van der Waals surface area contributed by atoms with Crippen molar-refractivity contribution in [3.63, 3.8) is 0 Å². The molecule has 4 atom stereocenters. The first-order valence-corrected chi connectivity index (χ1v) is 12.9. The van der Waals surface area contributed by atoms with Crippen molar-refractivity contribution >= 4 is 34.3 Å². The van der Waals surface area contributed by atoms with Gasteiger partial charge in [-0.15, -0.1) is 0 Å². The summed E-state index contributed by atoms with van der Waals surface area (Å²) < 4.78 is 12.9. The van der Waals surface area contributed by atoms with Crippen molar-refractivity contribution in [2.45, 2.75) is 56.4 Å². The number of hydrogen-bond donors (Lipinski definition) is 3. The number of carbonyl (C=O) groups is 2. The van der Waals surface area contributed by atoms with Crippen LogP contribution in [-0.4, -0.2) is 74.7 Å². The number of pyridine rings is 1. The summed E-state index contributed by atoms with van der Waals surface area (Å²) in [5.41, 5.74) is 1.25. The Hall–Kier alpha value is -4.21. The van der Waals surface area contributed by atoms with E-state index in [4.69, 9.17) is 14.6 Å². The van der Waals surface area contributed by atoms with E-state index in [-0.39, 0.29) is 48.9 Å². The summed E-state index contributed by atoms with van der Waals surface area (Å²) in [5.74, 6) is -0.777. The van der Waals surface area contributed by atoms with E-state index in [9.17, 15) is 24.8 Å². The van der Waals surface area contributed by atoms with Crippen LogP contribution in [0.1, 0.15) is 41.6 Å². The van der Waals surface area contributed by atoms with Gasteiger partial charge in [0.05, 0.1) is 48.9 Å². The highest BCUT2D eigenvalue weighted by Crippen LogP contribution is 2.37. The Morgan fingerprint density at radius 1 is 1.33 bits per heavy atom. The first kappa shape index (κ1) is 25.1. The first-order chi connectivity index (χ1) is 18.8. The van der Waals surface area contributed by atoms with Crippen LogP contribution in [0, 0.1) is 18.3 Å². The molecule has 0 saturated carbocycles. The summed E-state index contributed by atoms with van der Waals surface area (Å²) in [6.07, 6.45) is 2.15. The topological polar surface area (TPSA) is 163 Å². The molecule has 3 aromatic rings. The van der Waals surface area contributed by atoms with Gasteiger partial charge in [0.1, 0.15) is 5.39 Å². The van der Waals surface area contributed by atoms with E-state index in [1.54, 1.807) is 22.9 Å². The van der Waals surface area contributed by atoms with Crippen molar-refractivity contribution in [2.24, 2.45) is 0 Å². The maximum atomic E-state index is 13.2. The third kappa shape index (κ3) is 4.24. The molecule has 1 aromatic carbocycles. The highest BCUT2D eigenvalue weighted by molar-refractivity contribution is 5.97. The zero-order valence-corrected chi connectivity index (χ0v) is 21.3. The molecule has 2 bridgehead atoms. The quantitative estimate of drug-likeness (QED) is 0.432. The number of carboxylic acid groups (broad SMARTS) is 1. The molecule has 0 spiro atoms. The average Bonchev–Trinajstić information content (AvgIpc) is 3.65. The minimum absolute atomic E-state index is 0.0172. The predicted octanol–water partition coefficient (Wildman–Crippen LogP) is 2.26. The monoisotopic (exact) mass is 532 g/mol. The molecule has 5 heterocycles. The Morgan fingerprint density at radius 2 is 2.18 bits per heavy atom. The number of likely N-dealkylation sites (tertiary alicyclic amines) is 1. The molecule has 0 radical (unpaired) electrons. The molecule has 0 aliphatic carbocycles. The zero-order chi connectivity index (χ0) is 27.3. The molecule has 3 fully saturated rings. The predicted molar refractivity (Wildman–Crippen MR) is 139 cm³/mol. The first-order valence-electron chi connectivity index (χ1n) is 12.9. The molecule has 4 unspecified atom stereocenters. The maximum absolute atomic E-state index is 13.2. The van der Waals surface area contributed by atoms with Crippen molar-refractivity contribution in [1.29, 1.82) is 5.26 Å². The second-order valence-corrected chi connectivity index (χ2v) is 10.5. The highest BCUT2D eigenvalue weighted by atomic mass is 16.5. The molecular formula is C27H28N6O6. The minimum atomic E-state index is -1.05. The minimum Gasteiger partial charge on any atom is -0.479 e. The lowest BCUT2D eigenvalue weighted by molar-refractivity contribution is -0.158. The number of carbonyl (C=O) groups excluding carboxylic acids is 1. The Balaban J connectivity index is 1.33. The van der Waals surface area contributed by atoms with E-state index in [0.29, 0.717) is 41.7 Å². The van der Waals surface area contributed by atoms with E-state index in [0.717, 1.165) is 12.0 Å². The number of nitrogens with zero attached hydrogens (tertiary/aromatic N) is 4. The summed E-state index contributed by atoms with van der Waals surface area (Å²) in [6, 6.07) is 9.40. The molecule has 3 saturated heterocycles. The van der Waals surface area contributed by atoms with Crippen LogP contribution in [0.4, 0.5) is 11.5 Å². The van der Waals surface area contributed by atoms with Gasteiger partial charge in [0.2, 0.25) is 0 Å². The number of H-pyrrole nitrogens is 1. The number of ether oxygens (including phenoxy) is 2. The number of anilines is 2. The van der Waals surface area contributed by atoms with E-state index in [2.05, 4.69) is 16.4 Å². The van der Waals surface area contributed by atoms with Gasteiger partial charge >= 0.3 is 5.97 Å². The van der Waals surface area contributed by atoms with Crippen molar-refractivity contribution < 1.29 is 24.2 Å². The van der Waals surface area contributed by atoms with Crippen molar-refractivity contribution in [2.75, 3.05) is 25.1 Å². The van der Waals surface area contributed by atoms with Crippen LogP contribution >= 0.6 is 0 Å². The fourth-order valence-corrected chi connectivity index (χ4v) is 5.98. The Bertz CT molecular complexity index is 1560. The number of hydrogen-bond acceptors (Lipinski definition) is 8. The van der Waals surface area contributed by atoms with Gasteiger partial charge in [-0.05, 0) is 56.0 Å². The number of amides is 1. The summed E-state index contributed by atoms with van der Waals surface area (Å²) in [6.45, 7) is 3.03. The molecule has 3 aliphatic heterocycles. The normalized spacial score (nSPS) is 26.1. The van der Waals surface area contributed by atoms with E-state index < -0.39 is 17.6 Å². The molecule has 39 heavy (non-hydrogen) atoms. The fourth-order valence-electron chi connectivity index (χ4n) is 5.98. The number of nitrogens with one attached hydrogen (secondary N) is 2. The summed E-state index contributed by atoms with van der Waals surface area (Å²) in [5, 5.41) is 27.2. The molecule has 3 N–H and O–H groups in total. The summed E-state index contributed by atoms with van der Waals surface area (Å²) >= 11 is 0. The largest absolute Gasteiger partial charge is 0.479 e. The van der Waals surface area contributed by atoms with Crippen molar-refractivity contribution in [3.05, 3.63) is 51.9 Å². The summed E-state index contributed by atoms with van der Waals surface area (Å²) in [4.78, 5) is 42.1. The number of aliphatic carboxylic acids is 1. The van der Waals surface area contributed by atoms with Gasteiger partial charge in [-0.3, -0.25) is 14.3 Å². The number of morpholine rings is 1. The molecule has 2 aromatic heterocycles. The summed E-state index contributed by atoms with van der Waals surface area (Å²) in [7, 11) is 0. The Kier molecular flexibility index (Phi) is 6.12. The number of rotatable bonds is 6. The number of benzene rings is 1. The SMILES string of the molecule is Cc1cc(Nc2nn(C3(CC#N)CCC(C(=O)O)OC3)c3cc[nH]c(=O)c23)ccc1C(=O)N1CC2CC1CO2. The van der Waals surface area contributed by atoms with Crippen LogP contribution in [-0.2, 0) is 19.8 Å². The van der Waals surface area contributed by atoms with E-state index in [1.807, 2.05) is 17.9 Å². The van der Waals surface area contributed by atoms with Crippen LogP contribution in [0.5, 0.6) is 0 Å². The Labute approximate surface area is 223 Å². The standard InChI is InChI=1S/C27H28N6O6/c1-15-10-16(2-3-19(15)25(35)32-12-18-11-17(32)13-38-18)30-23-22-20(5-9-29-24(22)34)33(31-23)27(7-8-28)6-4-21(26(36)37)39-14-27/h2-3,5,9-10,17-18,21H,4,6-7,11-14H2,1H3,(H,29,34)(H,30,31)(H,36,37). The number of aryl methyl sites for hydroxylation is 1. The molecular weight excluding hydrogens is 504 g/mol. The number of aromatic amines is 1. The Morgan fingerprint density at radius 3 is 2.82 bits per heavy atom. The van der Waals surface area contributed by atoms with Crippen molar-refractivity contribution in [3.8, 4) is 6.07 Å². The van der Waals surface area contributed by atoms with Gasteiger partial charge in [-0.25, -0.2) is 4.79 Å². The second-order valence-electron chi connectivity index (χ2n) is 10.5. The highest BCUT2D eigenvalue weighted by Gasteiger charge is 2.43. The molecule has 6 rings (SSSR count). The van der Waals surface area contributed by atoms with Gasteiger partial charge in [0, 0.05) is 24.0 Å². The van der Waals surface area contributed by atoms with Gasteiger partial charge in [-0.2, -0.15) is 10.4 Å². The van der Waals surface area contributed by atoms with Gasteiger partial charge in [0.25, 0.3) is 11.5 Å². The van der Waals surface area contributed by atoms with Crippen molar-refractivity contribution in [1.82, 2.24) is 19.7 Å². The average molecular weight is 533 g/mol. The number of carboxylic acids is 1. The van der Waals surface area contributed by atoms with Crippen LogP contribution in [0.25, 0.3) is 10.9 Å². The lowest BCUT2D eigenvalue weighted by Gasteiger charge is -2.38. The van der Waals surface area contributed by atoms with E-state index >= 15 is 0 Å². The maximum Gasteiger partial charge on any atom is 0.332 e. The van der Waals surface area contributed by atoms with Crippen LogP contribution in [0.2, 0.25) is 0 Å². The fraction of sp³-hybridized carbons (Fsp3) is 0.444. The second kappa shape index (κ2) is 9.52. The molecule has 202 valence electrons. The van der Waals surface area contributed by atoms with Gasteiger partial charge < -0.3 is 29.8 Å².